The number of nitrogens with zero attached hydrogens (tertiary/aromatic N) is 3. The Kier molecular flexibility index (Phi) is 5.33. The fourth-order valence-corrected chi connectivity index (χ4v) is 4.29. The fourth-order valence-electron chi connectivity index (χ4n) is 4.29. The largest absolute Gasteiger partial charge is 0.428 e. The van der Waals surface area contributed by atoms with Gasteiger partial charge in [0.2, 0.25) is 0 Å². The van der Waals surface area contributed by atoms with Gasteiger partial charge in [-0.3, -0.25) is 0 Å². The summed E-state index contributed by atoms with van der Waals surface area (Å²) in [6, 6.07) is 10.5. The van der Waals surface area contributed by atoms with Gasteiger partial charge in [-0.25, -0.2) is 4.98 Å². The van der Waals surface area contributed by atoms with Crippen LogP contribution >= 0.6 is 0 Å². The first-order chi connectivity index (χ1) is 14.0. The number of fused-ring (bicyclic) bond motifs is 5. The van der Waals surface area contributed by atoms with Crippen LogP contribution in [0.4, 0.5) is 5.82 Å². The van der Waals surface area contributed by atoms with Crippen molar-refractivity contribution in [3.63, 3.8) is 0 Å². The summed E-state index contributed by atoms with van der Waals surface area (Å²) in [4.78, 5) is 7.13. The summed E-state index contributed by atoms with van der Waals surface area (Å²) in [5, 5.41) is 18.9. The lowest BCUT2D eigenvalue weighted by atomic mass is 10.0. The highest BCUT2D eigenvalue weighted by atomic mass is 16.5. The molecular weight excluding hydrogens is 360 g/mol. The van der Waals surface area contributed by atoms with Crippen molar-refractivity contribution < 1.29 is 5.21 Å². The standard InChI is InChI=1S/C24H30N4O/c1-5-27(6-2)13-7-12-25-24-22-21-19-10-8-16(3)14-18(19)9-11-20(21)28(29)23(22)17(4)15-26-24/h8-11,14-15,29H,5-7,12-13H2,1-4H3,(H,25,26). The molecule has 0 saturated carbocycles. The molecule has 0 atom stereocenters. The Bertz CT molecular complexity index is 1170. The van der Waals surface area contributed by atoms with Crippen LogP contribution in [0.25, 0.3) is 32.6 Å². The number of rotatable bonds is 7. The predicted molar refractivity (Wildman–Crippen MR) is 122 cm³/mol. The van der Waals surface area contributed by atoms with Crippen molar-refractivity contribution in [1.82, 2.24) is 14.6 Å². The molecule has 5 nitrogen and oxygen atoms in total. The monoisotopic (exact) mass is 390 g/mol. The van der Waals surface area contributed by atoms with E-state index < -0.39 is 0 Å². The highest BCUT2D eigenvalue weighted by molar-refractivity contribution is 6.23. The zero-order valence-electron chi connectivity index (χ0n) is 17.8. The number of aryl methyl sites for hydroxylation is 2. The molecule has 0 bridgehead atoms. The Hall–Kier alpha value is -2.79. The number of hydrogen-bond acceptors (Lipinski definition) is 4. The van der Waals surface area contributed by atoms with Crippen LogP contribution in [0.15, 0.2) is 36.5 Å². The quantitative estimate of drug-likeness (QED) is 0.330. The van der Waals surface area contributed by atoms with E-state index in [-0.39, 0.29) is 0 Å². The highest BCUT2D eigenvalue weighted by Crippen LogP contribution is 2.38. The molecule has 0 unspecified atom stereocenters. The van der Waals surface area contributed by atoms with Crippen LogP contribution in [0.2, 0.25) is 0 Å². The molecular formula is C24H30N4O. The van der Waals surface area contributed by atoms with Gasteiger partial charge in [-0.15, -0.1) is 0 Å². The molecule has 0 spiro atoms. The number of hydrogen-bond donors (Lipinski definition) is 2. The minimum absolute atomic E-state index is 0.818. The van der Waals surface area contributed by atoms with E-state index in [0.29, 0.717) is 0 Å². The molecule has 0 saturated heterocycles. The van der Waals surface area contributed by atoms with Crippen LogP contribution in [-0.4, -0.2) is 46.0 Å². The van der Waals surface area contributed by atoms with Gasteiger partial charge < -0.3 is 15.4 Å². The zero-order chi connectivity index (χ0) is 20.5. The van der Waals surface area contributed by atoms with Crippen LogP contribution in [0.1, 0.15) is 31.4 Å². The van der Waals surface area contributed by atoms with E-state index in [2.05, 4.69) is 55.3 Å². The normalized spacial score (nSPS) is 11.9. The topological polar surface area (TPSA) is 53.3 Å². The fraction of sp³-hybridized carbons (Fsp3) is 0.375. The first-order valence-electron chi connectivity index (χ1n) is 10.5. The lowest BCUT2D eigenvalue weighted by Crippen LogP contribution is -2.25. The molecule has 2 heterocycles. The van der Waals surface area contributed by atoms with E-state index in [0.717, 1.165) is 71.2 Å². The number of benzene rings is 2. The molecule has 0 aliphatic heterocycles. The zero-order valence-corrected chi connectivity index (χ0v) is 17.8. The molecule has 4 rings (SSSR count). The van der Waals surface area contributed by atoms with Crippen LogP contribution in [0.3, 0.4) is 0 Å². The third kappa shape index (κ3) is 3.40. The summed E-state index contributed by atoms with van der Waals surface area (Å²) < 4.78 is 1.32. The molecule has 2 N–H and O–H groups in total. The van der Waals surface area contributed by atoms with E-state index in [1.54, 1.807) is 0 Å². The van der Waals surface area contributed by atoms with Gasteiger partial charge in [-0.05, 0) is 62.3 Å². The first-order valence-corrected chi connectivity index (χ1v) is 10.5. The summed E-state index contributed by atoms with van der Waals surface area (Å²) in [6.07, 6.45) is 2.89. The maximum Gasteiger partial charge on any atom is 0.136 e. The van der Waals surface area contributed by atoms with Crippen molar-refractivity contribution in [1.29, 1.82) is 0 Å². The Labute approximate surface area is 171 Å². The van der Waals surface area contributed by atoms with E-state index >= 15 is 0 Å². The first kappa shape index (κ1) is 19.5. The van der Waals surface area contributed by atoms with E-state index in [4.69, 9.17) is 4.98 Å². The van der Waals surface area contributed by atoms with Gasteiger partial charge in [0.25, 0.3) is 0 Å². The molecule has 5 heteroatoms. The van der Waals surface area contributed by atoms with Gasteiger partial charge >= 0.3 is 0 Å². The van der Waals surface area contributed by atoms with Crippen molar-refractivity contribution in [2.45, 2.75) is 34.1 Å². The van der Waals surface area contributed by atoms with Gasteiger partial charge in [-0.2, -0.15) is 4.73 Å². The minimum atomic E-state index is 0.818. The van der Waals surface area contributed by atoms with E-state index in [1.807, 2.05) is 19.2 Å². The van der Waals surface area contributed by atoms with Crippen LogP contribution in [-0.2, 0) is 0 Å². The van der Waals surface area contributed by atoms with Gasteiger partial charge in [0.15, 0.2) is 0 Å². The molecule has 0 amide bonds. The second kappa shape index (κ2) is 7.91. The Balaban J connectivity index is 1.82. The summed E-state index contributed by atoms with van der Waals surface area (Å²) in [7, 11) is 0. The smallest absolute Gasteiger partial charge is 0.136 e. The number of pyridine rings is 1. The molecule has 152 valence electrons. The van der Waals surface area contributed by atoms with E-state index in [9.17, 15) is 5.21 Å². The van der Waals surface area contributed by atoms with Crippen molar-refractivity contribution in [2.24, 2.45) is 0 Å². The second-order valence-electron chi connectivity index (χ2n) is 7.82. The average Bonchev–Trinajstić information content (AvgIpc) is 3.03. The summed E-state index contributed by atoms with van der Waals surface area (Å²) in [6.45, 7) is 12.6. The SMILES string of the molecule is CCN(CC)CCCNc1ncc(C)c2c1c1c3ccc(C)cc3ccc1n2O. The number of nitrogens with one attached hydrogen (secondary N) is 1. The van der Waals surface area contributed by atoms with Gasteiger partial charge in [0, 0.05) is 18.1 Å². The van der Waals surface area contributed by atoms with Crippen LogP contribution in [0, 0.1) is 13.8 Å². The maximum absolute atomic E-state index is 10.9. The molecule has 29 heavy (non-hydrogen) atoms. The second-order valence-corrected chi connectivity index (χ2v) is 7.82. The molecule has 2 aromatic carbocycles. The number of aromatic nitrogens is 2. The van der Waals surface area contributed by atoms with Crippen LogP contribution < -0.4 is 5.32 Å². The van der Waals surface area contributed by atoms with E-state index in [1.165, 1.54) is 15.7 Å². The Morgan fingerprint density at radius 1 is 1.07 bits per heavy atom. The summed E-state index contributed by atoms with van der Waals surface area (Å²) in [5.74, 6) is 0.844. The predicted octanol–water partition coefficient (Wildman–Crippen LogP) is 5.34. The van der Waals surface area contributed by atoms with Crippen molar-refractivity contribution in [3.8, 4) is 0 Å². The molecule has 0 fully saturated rings. The molecule has 0 aliphatic carbocycles. The van der Waals surface area contributed by atoms with Gasteiger partial charge in [0.05, 0.1) is 16.4 Å². The van der Waals surface area contributed by atoms with Gasteiger partial charge in [-0.1, -0.05) is 43.7 Å². The lowest BCUT2D eigenvalue weighted by Gasteiger charge is -2.18. The number of anilines is 1. The maximum atomic E-state index is 10.9. The Morgan fingerprint density at radius 2 is 1.86 bits per heavy atom. The third-order valence-corrected chi connectivity index (χ3v) is 5.92. The molecule has 2 aromatic heterocycles. The Morgan fingerprint density at radius 3 is 2.62 bits per heavy atom. The summed E-state index contributed by atoms with van der Waals surface area (Å²) in [5.41, 5.74) is 3.84. The van der Waals surface area contributed by atoms with Crippen molar-refractivity contribution >= 4 is 38.4 Å². The molecule has 4 aromatic rings. The highest BCUT2D eigenvalue weighted by Gasteiger charge is 2.19. The third-order valence-electron chi connectivity index (χ3n) is 5.92. The van der Waals surface area contributed by atoms with Crippen LogP contribution in [0.5, 0.6) is 0 Å². The van der Waals surface area contributed by atoms with Crippen molar-refractivity contribution in [3.05, 3.63) is 47.7 Å². The molecule has 0 aliphatic rings. The summed E-state index contributed by atoms with van der Waals surface area (Å²) >= 11 is 0. The lowest BCUT2D eigenvalue weighted by molar-refractivity contribution is 0.212. The average molecular weight is 391 g/mol. The minimum Gasteiger partial charge on any atom is -0.428 e. The van der Waals surface area contributed by atoms with Crippen molar-refractivity contribution in [2.75, 3.05) is 31.5 Å². The van der Waals surface area contributed by atoms with Gasteiger partial charge in [0.1, 0.15) is 5.82 Å². The molecule has 0 radical (unpaired) electrons.